The predicted molar refractivity (Wildman–Crippen MR) is 64.4 cm³/mol. The molecule has 1 unspecified atom stereocenters. The fourth-order valence-electron chi connectivity index (χ4n) is 2.14. The first-order valence-corrected chi connectivity index (χ1v) is 6.28. The van der Waals surface area contributed by atoms with Gasteiger partial charge in [0.25, 0.3) is 0 Å². The number of aromatic nitrogens is 2. The number of nitrogens with two attached hydrogens (primary N) is 1. The molecule has 0 aromatic carbocycles. The van der Waals surface area contributed by atoms with Gasteiger partial charge in [-0.05, 0) is 30.9 Å². The van der Waals surface area contributed by atoms with Crippen molar-refractivity contribution in [3.05, 3.63) is 45.7 Å². The molecule has 1 aliphatic carbocycles. The molecule has 1 atom stereocenters. The highest BCUT2D eigenvalue weighted by molar-refractivity contribution is 7.12. The lowest BCUT2D eigenvalue weighted by molar-refractivity contribution is 0.863. The quantitative estimate of drug-likeness (QED) is 0.861. The molecule has 0 fully saturated rings. The van der Waals surface area contributed by atoms with Gasteiger partial charge in [0.1, 0.15) is 6.33 Å². The Bertz CT molecular complexity index is 471. The fraction of sp³-hybridized carbons (Fsp3) is 0.333. The number of rotatable bonds is 2. The zero-order chi connectivity index (χ0) is 11.0. The van der Waals surface area contributed by atoms with Gasteiger partial charge in [0.15, 0.2) is 0 Å². The molecule has 2 aromatic rings. The second-order valence-corrected chi connectivity index (χ2v) is 5.27. The molecule has 0 aliphatic heterocycles. The molecule has 2 aromatic heterocycles. The van der Waals surface area contributed by atoms with E-state index in [9.17, 15) is 0 Å². The van der Waals surface area contributed by atoms with Crippen molar-refractivity contribution < 1.29 is 0 Å². The van der Waals surface area contributed by atoms with E-state index >= 15 is 0 Å². The van der Waals surface area contributed by atoms with Crippen LogP contribution in [0.25, 0.3) is 0 Å². The molecule has 4 heteroatoms. The molecular formula is C12H13N3S. The third-order valence-electron chi connectivity index (χ3n) is 3.01. The minimum Gasteiger partial charge on any atom is -0.320 e. The zero-order valence-electron chi connectivity index (χ0n) is 8.89. The average molecular weight is 231 g/mol. The van der Waals surface area contributed by atoms with Crippen LogP contribution in [0.1, 0.15) is 33.3 Å². The van der Waals surface area contributed by atoms with Gasteiger partial charge >= 0.3 is 0 Å². The van der Waals surface area contributed by atoms with Gasteiger partial charge in [-0.2, -0.15) is 0 Å². The highest BCUT2D eigenvalue weighted by Crippen LogP contribution is 2.34. The summed E-state index contributed by atoms with van der Waals surface area (Å²) >= 11 is 1.84. The van der Waals surface area contributed by atoms with Crippen LogP contribution in [0, 0.1) is 0 Å². The van der Waals surface area contributed by atoms with Crippen molar-refractivity contribution >= 4 is 11.3 Å². The van der Waals surface area contributed by atoms with Crippen LogP contribution in [0.5, 0.6) is 0 Å². The second-order valence-electron chi connectivity index (χ2n) is 4.10. The summed E-state index contributed by atoms with van der Waals surface area (Å²) in [6.07, 6.45) is 8.85. The number of hydrogen-bond donors (Lipinski definition) is 1. The molecule has 82 valence electrons. The Labute approximate surface area is 98.4 Å². The maximum absolute atomic E-state index is 6.21. The maximum Gasteiger partial charge on any atom is 0.115 e. The van der Waals surface area contributed by atoms with E-state index in [1.165, 1.54) is 40.9 Å². The summed E-state index contributed by atoms with van der Waals surface area (Å²) < 4.78 is 0. The Morgan fingerprint density at radius 3 is 2.81 bits per heavy atom. The number of hydrogen-bond acceptors (Lipinski definition) is 4. The first-order valence-electron chi connectivity index (χ1n) is 5.46. The van der Waals surface area contributed by atoms with E-state index in [1.807, 2.05) is 11.3 Å². The Hall–Kier alpha value is -1.26. The van der Waals surface area contributed by atoms with E-state index in [2.05, 4.69) is 16.0 Å². The Morgan fingerprint density at radius 2 is 2.06 bits per heavy atom. The first kappa shape index (κ1) is 9.93. The molecule has 0 saturated heterocycles. The molecule has 3 rings (SSSR count). The van der Waals surface area contributed by atoms with E-state index in [0.29, 0.717) is 0 Å². The Balaban J connectivity index is 1.92. The van der Waals surface area contributed by atoms with Crippen molar-refractivity contribution in [1.82, 2.24) is 9.97 Å². The lowest BCUT2D eigenvalue weighted by Gasteiger charge is -2.08. The number of aryl methyl sites for hydroxylation is 2. The lowest BCUT2D eigenvalue weighted by Crippen LogP contribution is -2.10. The van der Waals surface area contributed by atoms with Gasteiger partial charge in [-0.25, -0.2) is 9.97 Å². The third kappa shape index (κ3) is 1.64. The van der Waals surface area contributed by atoms with Crippen molar-refractivity contribution in [3.63, 3.8) is 0 Å². The Kier molecular flexibility index (Phi) is 2.46. The van der Waals surface area contributed by atoms with Crippen LogP contribution in [0.2, 0.25) is 0 Å². The molecule has 0 radical (unpaired) electrons. The second kappa shape index (κ2) is 3.96. The summed E-state index contributed by atoms with van der Waals surface area (Å²) in [6, 6.07) is 2.18. The van der Waals surface area contributed by atoms with Crippen molar-refractivity contribution in [3.8, 4) is 0 Å². The van der Waals surface area contributed by atoms with Crippen LogP contribution in [-0.4, -0.2) is 9.97 Å². The van der Waals surface area contributed by atoms with Gasteiger partial charge in [0, 0.05) is 27.7 Å². The fourth-order valence-corrected chi connectivity index (χ4v) is 3.43. The van der Waals surface area contributed by atoms with Gasteiger partial charge in [0.05, 0.1) is 6.04 Å². The van der Waals surface area contributed by atoms with Crippen molar-refractivity contribution in [2.45, 2.75) is 25.3 Å². The maximum atomic E-state index is 6.21. The zero-order valence-corrected chi connectivity index (χ0v) is 9.70. The van der Waals surface area contributed by atoms with Crippen molar-refractivity contribution in [2.24, 2.45) is 5.73 Å². The van der Waals surface area contributed by atoms with E-state index < -0.39 is 0 Å². The van der Waals surface area contributed by atoms with Gasteiger partial charge in [-0.3, -0.25) is 0 Å². The summed E-state index contributed by atoms with van der Waals surface area (Å²) in [7, 11) is 0. The highest BCUT2D eigenvalue weighted by Gasteiger charge is 2.19. The monoisotopic (exact) mass is 231 g/mol. The van der Waals surface area contributed by atoms with Crippen LogP contribution >= 0.6 is 11.3 Å². The molecule has 0 saturated carbocycles. The molecule has 2 heterocycles. The third-order valence-corrected chi connectivity index (χ3v) is 4.33. The minimum absolute atomic E-state index is 0.0724. The molecule has 0 bridgehead atoms. The van der Waals surface area contributed by atoms with Gasteiger partial charge in [-0.15, -0.1) is 11.3 Å². The van der Waals surface area contributed by atoms with E-state index in [1.54, 1.807) is 12.4 Å². The topological polar surface area (TPSA) is 51.8 Å². The summed E-state index contributed by atoms with van der Waals surface area (Å²) in [5, 5.41) is 0. The first-order chi connectivity index (χ1) is 7.84. The number of thiophene rings is 1. The van der Waals surface area contributed by atoms with E-state index in [4.69, 9.17) is 5.73 Å². The molecule has 16 heavy (non-hydrogen) atoms. The van der Waals surface area contributed by atoms with Gasteiger partial charge < -0.3 is 5.73 Å². The highest BCUT2D eigenvalue weighted by atomic mass is 32.1. The smallest absolute Gasteiger partial charge is 0.115 e. The summed E-state index contributed by atoms with van der Waals surface area (Å²) in [4.78, 5) is 10.8. The standard InChI is InChI=1S/C12H13N3S/c13-12(9-5-14-7-15-6-9)11-4-8-2-1-3-10(8)16-11/h4-7,12H,1-3,13H2. The van der Waals surface area contributed by atoms with E-state index in [0.717, 1.165) is 5.56 Å². The lowest BCUT2D eigenvalue weighted by atomic mass is 10.1. The number of fused-ring (bicyclic) bond motifs is 1. The van der Waals surface area contributed by atoms with Crippen LogP contribution in [0.3, 0.4) is 0 Å². The van der Waals surface area contributed by atoms with Crippen molar-refractivity contribution in [2.75, 3.05) is 0 Å². The molecule has 0 spiro atoms. The predicted octanol–water partition coefficient (Wildman–Crippen LogP) is 2.07. The SMILES string of the molecule is NC(c1cncnc1)c1cc2c(s1)CCC2. The van der Waals surface area contributed by atoms with Gasteiger partial charge in [0.2, 0.25) is 0 Å². The molecule has 2 N–H and O–H groups in total. The van der Waals surface area contributed by atoms with E-state index in [-0.39, 0.29) is 6.04 Å². The normalized spacial score (nSPS) is 16.1. The van der Waals surface area contributed by atoms with Crippen LogP contribution < -0.4 is 5.73 Å². The summed E-state index contributed by atoms with van der Waals surface area (Å²) in [5.41, 5.74) is 8.69. The summed E-state index contributed by atoms with van der Waals surface area (Å²) in [5.74, 6) is 0. The number of nitrogens with zero attached hydrogens (tertiary/aromatic N) is 2. The van der Waals surface area contributed by atoms with Crippen LogP contribution in [0.15, 0.2) is 24.8 Å². The largest absolute Gasteiger partial charge is 0.320 e. The minimum atomic E-state index is -0.0724. The Morgan fingerprint density at radius 1 is 1.25 bits per heavy atom. The average Bonchev–Trinajstić information content (AvgIpc) is 2.89. The van der Waals surface area contributed by atoms with Gasteiger partial charge in [-0.1, -0.05) is 0 Å². The molecule has 1 aliphatic rings. The van der Waals surface area contributed by atoms with Crippen LogP contribution in [-0.2, 0) is 12.8 Å². The van der Waals surface area contributed by atoms with Crippen LogP contribution in [0.4, 0.5) is 0 Å². The molecular weight excluding hydrogens is 218 g/mol. The summed E-state index contributed by atoms with van der Waals surface area (Å²) in [6.45, 7) is 0. The molecule has 0 amide bonds. The van der Waals surface area contributed by atoms with Crippen molar-refractivity contribution in [1.29, 1.82) is 0 Å². The molecule has 3 nitrogen and oxygen atoms in total.